The number of pyridine rings is 1. The van der Waals surface area contributed by atoms with Gasteiger partial charge in [0.25, 0.3) is 5.91 Å². The van der Waals surface area contributed by atoms with E-state index in [-0.39, 0.29) is 5.91 Å². The van der Waals surface area contributed by atoms with E-state index in [4.69, 9.17) is 17.3 Å². The number of amides is 1. The summed E-state index contributed by atoms with van der Waals surface area (Å²) in [6.07, 6.45) is 10.1. The highest BCUT2D eigenvalue weighted by molar-refractivity contribution is 6.29. The summed E-state index contributed by atoms with van der Waals surface area (Å²) in [6, 6.07) is 1.97. The molecule has 1 aromatic heterocycles. The summed E-state index contributed by atoms with van der Waals surface area (Å²) >= 11 is 5.92. The molecule has 3 rings (SSSR count). The van der Waals surface area contributed by atoms with Crippen molar-refractivity contribution >= 4 is 23.2 Å². The first-order chi connectivity index (χ1) is 10.2. The second-order valence-electron chi connectivity index (χ2n) is 6.20. The van der Waals surface area contributed by atoms with Gasteiger partial charge in [-0.25, -0.2) is 4.98 Å². The van der Waals surface area contributed by atoms with E-state index >= 15 is 0 Å². The fourth-order valence-electron chi connectivity index (χ4n) is 3.83. The molecule has 0 spiro atoms. The molecule has 2 heterocycles. The van der Waals surface area contributed by atoms with Crippen molar-refractivity contribution in [2.75, 3.05) is 12.3 Å². The van der Waals surface area contributed by atoms with Gasteiger partial charge in [-0.2, -0.15) is 0 Å². The molecule has 114 valence electrons. The van der Waals surface area contributed by atoms with E-state index < -0.39 is 0 Å². The number of anilines is 1. The van der Waals surface area contributed by atoms with Crippen LogP contribution in [0.3, 0.4) is 0 Å². The van der Waals surface area contributed by atoms with Crippen LogP contribution in [0.2, 0.25) is 5.15 Å². The van der Waals surface area contributed by atoms with Crippen molar-refractivity contribution in [3.05, 3.63) is 23.0 Å². The van der Waals surface area contributed by atoms with Gasteiger partial charge < -0.3 is 10.6 Å². The lowest BCUT2D eigenvalue weighted by atomic mass is 9.83. The van der Waals surface area contributed by atoms with Gasteiger partial charge in [0.1, 0.15) is 5.15 Å². The van der Waals surface area contributed by atoms with Crippen molar-refractivity contribution in [3.8, 4) is 0 Å². The van der Waals surface area contributed by atoms with Crippen molar-refractivity contribution in [1.29, 1.82) is 0 Å². The summed E-state index contributed by atoms with van der Waals surface area (Å²) in [7, 11) is 0. The number of carbonyl (C=O) groups is 1. The molecule has 0 bridgehead atoms. The van der Waals surface area contributed by atoms with Gasteiger partial charge in [0.2, 0.25) is 0 Å². The molecule has 1 atom stereocenters. The zero-order valence-electron chi connectivity index (χ0n) is 12.2. The first kappa shape index (κ1) is 14.6. The predicted molar refractivity (Wildman–Crippen MR) is 84.3 cm³/mol. The van der Waals surface area contributed by atoms with E-state index in [1.807, 2.05) is 4.90 Å². The summed E-state index contributed by atoms with van der Waals surface area (Å²) in [5, 5.41) is 0.320. The van der Waals surface area contributed by atoms with Crippen LogP contribution < -0.4 is 5.73 Å². The maximum Gasteiger partial charge on any atom is 0.256 e. The number of likely N-dealkylation sites (tertiary alicyclic amines) is 1. The molecule has 1 saturated heterocycles. The number of nitrogens with zero attached hydrogens (tertiary/aromatic N) is 2. The predicted octanol–water partition coefficient (Wildman–Crippen LogP) is 3.50. The lowest BCUT2D eigenvalue weighted by Crippen LogP contribution is -2.41. The molecule has 1 aromatic rings. The third-order valence-electron chi connectivity index (χ3n) is 4.89. The average Bonchev–Trinajstić information content (AvgIpc) is 2.99. The van der Waals surface area contributed by atoms with Crippen molar-refractivity contribution in [2.45, 2.75) is 51.0 Å². The Morgan fingerprint density at radius 1 is 1.24 bits per heavy atom. The van der Waals surface area contributed by atoms with Crippen molar-refractivity contribution in [1.82, 2.24) is 9.88 Å². The number of aromatic nitrogens is 1. The monoisotopic (exact) mass is 307 g/mol. The molecule has 4 nitrogen and oxygen atoms in total. The Kier molecular flexibility index (Phi) is 4.34. The van der Waals surface area contributed by atoms with Crippen molar-refractivity contribution in [3.63, 3.8) is 0 Å². The van der Waals surface area contributed by atoms with E-state index in [0.717, 1.165) is 19.4 Å². The van der Waals surface area contributed by atoms with Gasteiger partial charge in [0.05, 0.1) is 17.4 Å². The zero-order chi connectivity index (χ0) is 14.8. The van der Waals surface area contributed by atoms with Crippen LogP contribution in [0.1, 0.15) is 55.3 Å². The Morgan fingerprint density at radius 2 is 2.00 bits per heavy atom. The third-order valence-corrected chi connectivity index (χ3v) is 5.09. The summed E-state index contributed by atoms with van der Waals surface area (Å²) in [5.41, 5.74) is 6.83. The quantitative estimate of drug-likeness (QED) is 0.851. The van der Waals surface area contributed by atoms with E-state index in [1.165, 1.54) is 38.3 Å². The number of carbonyl (C=O) groups excluding carboxylic acids is 1. The third kappa shape index (κ3) is 3.00. The van der Waals surface area contributed by atoms with Gasteiger partial charge >= 0.3 is 0 Å². The molecule has 0 radical (unpaired) electrons. The van der Waals surface area contributed by atoms with Crippen LogP contribution >= 0.6 is 11.6 Å². The second-order valence-corrected chi connectivity index (χ2v) is 6.59. The lowest BCUT2D eigenvalue weighted by molar-refractivity contribution is 0.0662. The molecule has 5 heteroatoms. The molecule has 2 aliphatic rings. The van der Waals surface area contributed by atoms with Crippen LogP contribution in [0.4, 0.5) is 5.69 Å². The molecule has 1 unspecified atom stereocenters. The molecule has 0 aromatic carbocycles. The minimum atomic E-state index is 0.0184. The number of hydrogen-bond donors (Lipinski definition) is 1. The standard InChI is InChI=1S/C16H22ClN3O/c17-15-9-12(13(18)10-19-15)16(21)20-8-4-7-14(20)11-5-2-1-3-6-11/h9-11,14H,1-8,18H2. The second kappa shape index (κ2) is 6.22. The smallest absolute Gasteiger partial charge is 0.256 e. The molecule has 2 N–H and O–H groups in total. The summed E-state index contributed by atoms with van der Waals surface area (Å²) < 4.78 is 0. The Bertz CT molecular complexity index is 528. The molecule has 2 fully saturated rings. The Morgan fingerprint density at radius 3 is 2.76 bits per heavy atom. The van der Waals surface area contributed by atoms with Gasteiger partial charge in [-0.1, -0.05) is 30.9 Å². The van der Waals surface area contributed by atoms with Crippen LogP contribution in [0, 0.1) is 5.92 Å². The Balaban J connectivity index is 1.80. The molecular weight excluding hydrogens is 286 g/mol. The van der Waals surface area contributed by atoms with Gasteiger partial charge in [-0.3, -0.25) is 4.79 Å². The number of rotatable bonds is 2. The fraction of sp³-hybridized carbons (Fsp3) is 0.625. The van der Waals surface area contributed by atoms with Crippen molar-refractivity contribution < 1.29 is 4.79 Å². The van der Waals surface area contributed by atoms with Crippen LogP contribution in [0.5, 0.6) is 0 Å². The van der Waals surface area contributed by atoms with E-state index in [0.29, 0.717) is 28.4 Å². The first-order valence-corrected chi connectivity index (χ1v) is 8.26. The molecule has 1 amide bonds. The minimum Gasteiger partial charge on any atom is -0.397 e. The first-order valence-electron chi connectivity index (χ1n) is 7.89. The normalized spacial score (nSPS) is 23.5. The Hall–Kier alpha value is -1.29. The largest absolute Gasteiger partial charge is 0.397 e. The van der Waals surface area contributed by atoms with E-state index in [9.17, 15) is 4.79 Å². The topological polar surface area (TPSA) is 59.2 Å². The van der Waals surface area contributed by atoms with Gasteiger partial charge in [-0.05, 0) is 37.7 Å². The Labute approximate surface area is 130 Å². The van der Waals surface area contributed by atoms with E-state index in [2.05, 4.69) is 4.98 Å². The number of nitrogen functional groups attached to an aromatic ring is 1. The summed E-state index contributed by atoms with van der Waals surface area (Å²) in [5.74, 6) is 0.675. The molecular formula is C16H22ClN3O. The molecule has 1 aliphatic carbocycles. The van der Waals surface area contributed by atoms with Crippen LogP contribution in [-0.2, 0) is 0 Å². The van der Waals surface area contributed by atoms with Crippen molar-refractivity contribution in [2.24, 2.45) is 5.92 Å². The SMILES string of the molecule is Nc1cnc(Cl)cc1C(=O)N1CCCC1C1CCCCC1. The number of halogens is 1. The van der Waals surface area contributed by atoms with Crippen LogP contribution in [0.25, 0.3) is 0 Å². The lowest BCUT2D eigenvalue weighted by Gasteiger charge is -2.34. The maximum absolute atomic E-state index is 12.8. The summed E-state index contributed by atoms with van der Waals surface area (Å²) in [4.78, 5) is 18.8. The van der Waals surface area contributed by atoms with Gasteiger partial charge in [0, 0.05) is 12.6 Å². The highest BCUT2D eigenvalue weighted by Gasteiger charge is 2.36. The fourth-order valence-corrected chi connectivity index (χ4v) is 3.99. The van der Waals surface area contributed by atoms with Gasteiger partial charge in [-0.15, -0.1) is 0 Å². The van der Waals surface area contributed by atoms with Gasteiger partial charge in [0.15, 0.2) is 0 Å². The summed E-state index contributed by atoms with van der Waals surface area (Å²) in [6.45, 7) is 0.833. The highest BCUT2D eigenvalue weighted by atomic mass is 35.5. The average molecular weight is 308 g/mol. The molecule has 21 heavy (non-hydrogen) atoms. The zero-order valence-corrected chi connectivity index (χ0v) is 13.0. The maximum atomic E-state index is 12.8. The highest BCUT2D eigenvalue weighted by Crippen LogP contribution is 2.35. The minimum absolute atomic E-state index is 0.0184. The van der Waals surface area contributed by atoms with Crippen LogP contribution in [-0.4, -0.2) is 28.4 Å². The van der Waals surface area contributed by atoms with Crippen LogP contribution in [0.15, 0.2) is 12.3 Å². The number of nitrogens with two attached hydrogens (primary N) is 1. The molecule has 1 aliphatic heterocycles. The molecule has 1 saturated carbocycles. The van der Waals surface area contributed by atoms with E-state index in [1.54, 1.807) is 6.07 Å². The number of hydrogen-bond acceptors (Lipinski definition) is 3.